The van der Waals surface area contributed by atoms with Crippen LogP contribution in [0, 0.1) is 5.92 Å². The lowest BCUT2D eigenvalue weighted by Crippen LogP contribution is -2.28. The Labute approximate surface area is 144 Å². The fourth-order valence-electron chi connectivity index (χ4n) is 2.38. The highest BCUT2D eigenvalue weighted by molar-refractivity contribution is 5.85. The van der Waals surface area contributed by atoms with Crippen molar-refractivity contribution in [3.8, 4) is 5.75 Å². The van der Waals surface area contributed by atoms with Gasteiger partial charge in [-0.25, -0.2) is 5.43 Å². The molecule has 1 amide bonds. The maximum absolute atomic E-state index is 12.4. The molecule has 1 aromatic carbocycles. The number of nitrogens with one attached hydrogen (secondary N) is 1. The number of benzene rings is 1. The lowest BCUT2D eigenvalue weighted by Gasteiger charge is -2.19. The van der Waals surface area contributed by atoms with Crippen molar-refractivity contribution in [2.24, 2.45) is 11.0 Å². The van der Waals surface area contributed by atoms with Crippen molar-refractivity contribution in [2.75, 3.05) is 0 Å². The summed E-state index contributed by atoms with van der Waals surface area (Å²) < 4.78 is 28.7. The minimum absolute atomic E-state index is 0.00748. The molecule has 0 bridgehead atoms. The Morgan fingerprint density at radius 1 is 1.20 bits per heavy atom. The van der Waals surface area contributed by atoms with E-state index in [2.05, 4.69) is 20.2 Å². The molecule has 1 atom stereocenters. The van der Waals surface area contributed by atoms with Gasteiger partial charge in [-0.3, -0.25) is 9.78 Å². The van der Waals surface area contributed by atoms with E-state index >= 15 is 0 Å². The summed E-state index contributed by atoms with van der Waals surface area (Å²) in [6, 6.07) is 11.4. The molecule has 0 radical (unpaired) electrons. The van der Waals surface area contributed by atoms with E-state index in [9.17, 15) is 13.6 Å². The molecule has 1 heterocycles. The number of carbonyl (C=O) groups is 1. The number of nitrogens with zero attached hydrogens (tertiary/aromatic N) is 2. The lowest BCUT2D eigenvalue weighted by molar-refractivity contribution is -0.123. The monoisotopic (exact) mass is 347 g/mol. The Balaban J connectivity index is 2.06. The van der Waals surface area contributed by atoms with Crippen molar-refractivity contribution in [1.82, 2.24) is 10.4 Å². The first kappa shape index (κ1) is 18.5. The average Bonchev–Trinajstić information content (AvgIpc) is 2.57. The SMILES string of the molecule is CC(C)C(C(=O)NN=Cc1ccccn1)c1ccc(OC(F)F)cc1. The van der Waals surface area contributed by atoms with Gasteiger partial charge in [-0.1, -0.05) is 32.0 Å². The number of aromatic nitrogens is 1. The highest BCUT2D eigenvalue weighted by Crippen LogP contribution is 2.27. The largest absolute Gasteiger partial charge is 0.435 e. The maximum Gasteiger partial charge on any atom is 0.387 e. The van der Waals surface area contributed by atoms with E-state index in [0.717, 1.165) is 0 Å². The molecule has 25 heavy (non-hydrogen) atoms. The summed E-state index contributed by atoms with van der Waals surface area (Å²) >= 11 is 0. The van der Waals surface area contributed by atoms with Gasteiger partial charge in [0.25, 0.3) is 0 Å². The number of halogens is 2. The number of pyridine rings is 1. The highest BCUT2D eigenvalue weighted by atomic mass is 19.3. The molecule has 0 saturated heterocycles. The fraction of sp³-hybridized carbons (Fsp3) is 0.278. The van der Waals surface area contributed by atoms with Crippen LogP contribution in [0.2, 0.25) is 0 Å². The number of ether oxygens (including phenoxy) is 1. The van der Waals surface area contributed by atoms with Crippen molar-refractivity contribution in [1.29, 1.82) is 0 Å². The van der Waals surface area contributed by atoms with Gasteiger partial charge in [0.2, 0.25) is 5.91 Å². The van der Waals surface area contributed by atoms with E-state index in [1.54, 1.807) is 30.5 Å². The van der Waals surface area contributed by atoms with Gasteiger partial charge in [0.15, 0.2) is 0 Å². The first-order valence-electron chi connectivity index (χ1n) is 7.76. The smallest absolute Gasteiger partial charge is 0.387 e. The third-order valence-corrected chi connectivity index (χ3v) is 3.47. The molecule has 1 unspecified atom stereocenters. The molecular formula is C18H19F2N3O2. The Bertz CT molecular complexity index is 704. The molecule has 2 rings (SSSR count). The van der Waals surface area contributed by atoms with Crippen LogP contribution in [0.25, 0.3) is 0 Å². The molecule has 2 aromatic rings. The van der Waals surface area contributed by atoms with Gasteiger partial charge in [-0.05, 0) is 35.7 Å². The number of amides is 1. The van der Waals surface area contributed by atoms with Gasteiger partial charge in [0.1, 0.15) is 5.75 Å². The van der Waals surface area contributed by atoms with Crippen molar-refractivity contribution in [2.45, 2.75) is 26.4 Å². The number of carbonyl (C=O) groups excluding carboxylic acids is 1. The van der Waals surface area contributed by atoms with Gasteiger partial charge in [0, 0.05) is 6.20 Å². The average molecular weight is 347 g/mol. The van der Waals surface area contributed by atoms with E-state index in [4.69, 9.17) is 0 Å². The minimum Gasteiger partial charge on any atom is -0.435 e. The molecule has 132 valence electrons. The van der Waals surface area contributed by atoms with Crippen LogP contribution in [-0.4, -0.2) is 23.7 Å². The molecule has 0 aliphatic carbocycles. The molecule has 0 spiro atoms. The minimum atomic E-state index is -2.88. The lowest BCUT2D eigenvalue weighted by atomic mass is 9.88. The van der Waals surface area contributed by atoms with Crippen molar-refractivity contribution in [3.63, 3.8) is 0 Å². The molecule has 1 N–H and O–H groups in total. The summed E-state index contributed by atoms with van der Waals surface area (Å²) in [5.41, 5.74) is 3.82. The zero-order valence-corrected chi connectivity index (χ0v) is 13.9. The molecule has 5 nitrogen and oxygen atoms in total. The summed E-state index contributed by atoms with van der Waals surface area (Å²) in [5.74, 6) is -0.715. The van der Waals surface area contributed by atoms with E-state index in [0.29, 0.717) is 11.3 Å². The third kappa shape index (κ3) is 5.63. The van der Waals surface area contributed by atoms with Crippen LogP contribution in [0.4, 0.5) is 8.78 Å². The number of hydrogen-bond acceptors (Lipinski definition) is 4. The normalized spacial score (nSPS) is 12.6. The first-order valence-corrected chi connectivity index (χ1v) is 7.76. The second-order valence-electron chi connectivity index (χ2n) is 5.66. The number of rotatable bonds is 7. The molecule has 0 aliphatic heterocycles. The summed E-state index contributed by atoms with van der Waals surface area (Å²) in [6.07, 6.45) is 3.08. The quantitative estimate of drug-likeness (QED) is 0.615. The van der Waals surface area contributed by atoms with Crippen molar-refractivity contribution in [3.05, 3.63) is 59.9 Å². The first-order chi connectivity index (χ1) is 12.0. The van der Waals surface area contributed by atoms with Crippen LogP contribution in [0.1, 0.15) is 31.0 Å². The number of hydrogen-bond donors (Lipinski definition) is 1. The summed E-state index contributed by atoms with van der Waals surface area (Å²) in [4.78, 5) is 16.5. The van der Waals surface area contributed by atoms with Gasteiger partial charge < -0.3 is 4.74 Å². The Hall–Kier alpha value is -2.83. The molecule has 0 aliphatic rings. The summed E-state index contributed by atoms with van der Waals surface area (Å²) in [5, 5.41) is 3.92. The van der Waals surface area contributed by atoms with Crippen molar-refractivity contribution < 1.29 is 18.3 Å². The fourth-order valence-corrected chi connectivity index (χ4v) is 2.38. The maximum atomic E-state index is 12.4. The number of alkyl halides is 2. The molecule has 0 saturated carbocycles. The Morgan fingerprint density at radius 3 is 2.48 bits per heavy atom. The standard InChI is InChI=1S/C18H19F2N3O2/c1-12(2)16(13-6-8-15(9-7-13)25-18(19)20)17(24)23-22-11-14-5-3-4-10-21-14/h3-12,16,18H,1-2H3,(H,23,24). The van der Waals surface area contributed by atoms with Gasteiger partial charge in [-0.15, -0.1) is 0 Å². The second kappa shape index (κ2) is 8.86. The Kier molecular flexibility index (Phi) is 6.56. The van der Waals surface area contributed by atoms with Crippen molar-refractivity contribution >= 4 is 12.1 Å². The summed E-state index contributed by atoms with van der Waals surface area (Å²) in [6.45, 7) is 0.919. The zero-order valence-electron chi connectivity index (χ0n) is 13.9. The van der Waals surface area contributed by atoms with Crippen LogP contribution in [-0.2, 0) is 4.79 Å². The highest BCUT2D eigenvalue weighted by Gasteiger charge is 2.24. The van der Waals surface area contributed by atoms with E-state index < -0.39 is 12.5 Å². The molecular weight excluding hydrogens is 328 g/mol. The molecule has 0 fully saturated rings. The van der Waals surface area contributed by atoms with E-state index in [1.807, 2.05) is 19.9 Å². The third-order valence-electron chi connectivity index (χ3n) is 3.47. The van der Waals surface area contributed by atoms with Crippen LogP contribution in [0.5, 0.6) is 5.75 Å². The predicted octanol–water partition coefficient (Wildman–Crippen LogP) is 3.57. The van der Waals surface area contributed by atoms with Crippen LogP contribution >= 0.6 is 0 Å². The molecule has 7 heteroatoms. The van der Waals surface area contributed by atoms with Crippen LogP contribution in [0.3, 0.4) is 0 Å². The summed E-state index contributed by atoms with van der Waals surface area (Å²) in [7, 11) is 0. The predicted molar refractivity (Wildman–Crippen MR) is 90.6 cm³/mol. The topological polar surface area (TPSA) is 63.6 Å². The van der Waals surface area contributed by atoms with E-state index in [1.165, 1.54) is 18.3 Å². The molecule has 1 aromatic heterocycles. The van der Waals surface area contributed by atoms with E-state index in [-0.39, 0.29) is 17.6 Å². The second-order valence-corrected chi connectivity index (χ2v) is 5.66. The van der Waals surface area contributed by atoms with Gasteiger partial charge in [0.05, 0.1) is 17.8 Å². The Morgan fingerprint density at radius 2 is 1.92 bits per heavy atom. The number of hydrazone groups is 1. The van der Waals surface area contributed by atoms with Gasteiger partial charge in [-0.2, -0.15) is 13.9 Å². The van der Waals surface area contributed by atoms with Gasteiger partial charge >= 0.3 is 6.61 Å². The van der Waals surface area contributed by atoms with Crippen LogP contribution < -0.4 is 10.2 Å². The van der Waals surface area contributed by atoms with Crippen LogP contribution in [0.15, 0.2) is 53.8 Å². The zero-order chi connectivity index (χ0) is 18.2.